The Morgan fingerprint density at radius 3 is 2.48 bits per heavy atom. The molecule has 2 aromatic heterocycles. The van der Waals surface area contributed by atoms with Gasteiger partial charge < -0.3 is 4.42 Å². The van der Waals surface area contributed by atoms with Crippen molar-refractivity contribution in [3.8, 4) is 11.5 Å². The second kappa shape index (κ2) is 6.54. The van der Waals surface area contributed by atoms with Gasteiger partial charge in [0.1, 0.15) is 0 Å². The van der Waals surface area contributed by atoms with Crippen LogP contribution in [0, 0.1) is 0 Å². The van der Waals surface area contributed by atoms with E-state index in [0.29, 0.717) is 11.1 Å². The minimum absolute atomic E-state index is 0.137. The lowest BCUT2D eigenvalue weighted by Gasteiger charge is -2.18. The van der Waals surface area contributed by atoms with E-state index in [-0.39, 0.29) is 5.41 Å². The van der Waals surface area contributed by atoms with E-state index in [1.54, 1.807) is 6.20 Å². The van der Waals surface area contributed by atoms with Gasteiger partial charge in [0.25, 0.3) is 5.22 Å². The third kappa shape index (κ3) is 3.99. The van der Waals surface area contributed by atoms with Crippen molar-refractivity contribution in [2.45, 2.75) is 37.2 Å². The number of nitrogens with zero attached hydrogens (tertiary/aromatic N) is 3. The summed E-state index contributed by atoms with van der Waals surface area (Å²) in [5.41, 5.74) is 3.50. The minimum Gasteiger partial charge on any atom is -0.411 e. The van der Waals surface area contributed by atoms with Crippen molar-refractivity contribution in [2.75, 3.05) is 0 Å². The van der Waals surface area contributed by atoms with E-state index in [9.17, 15) is 0 Å². The van der Waals surface area contributed by atoms with Crippen LogP contribution in [0.3, 0.4) is 0 Å². The predicted molar refractivity (Wildman–Crippen MR) is 92.2 cm³/mol. The number of benzene rings is 1. The van der Waals surface area contributed by atoms with Gasteiger partial charge in [0.15, 0.2) is 0 Å². The molecular formula is C18H19N3OS. The minimum atomic E-state index is 0.137. The van der Waals surface area contributed by atoms with Gasteiger partial charge in [-0.15, -0.1) is 10.2 Å². The fraction of sp³-hybridized carbons (Fsp3) is 0.278. The Bertz CT molecular complexity index is 761. The average Bonchev–Trinajstić information content (AvgIpc) is 3.02. The van der Waals surface area contributed by atoms with Gasteiger partial charge in [-0.05, 0) is 34.7 Å². The zero-order valence-corrected chi connectivity index (χ0v) is 14.3. The van der Waals surface area contributed by atoms with Crippen LogP contribution in [-0.4, -0.2) is 15.2 Å². The van der Waals surface area contributed by atoms with Gasteiger partial charge in [-0.2, -0.15) is 0 Å². The summed E-state index contributed by atoms with van der Waals surface area (Å²) in [6, 6.07) is 12.2. The van der Waals surface area contributed by atoms with Crippen molar-refractivity contribution in [2.24, 2.45) is 0 Å². The monoisotopic (exact) mass is 325 g/mol. The molecule has 118 valence electrons. The van der Waals surface area contributed by atoms with Gasteiger partial charge in [0, 0.05) is 23.7 Å². The third-order valence-corrected chi connectivity index (χ3v) is 4.38. The van der Waals surface area contributed by atoms with Crippen LogP contribution in [-0.2, 0) is 11.2 Å². The second-order valence-corrected chi connectivity index (χ2v) is 7.28. The molecule has 0 fully saturated rings. The Hall–Kier alpha value is -2.14. The molecule has 0 amide bonds. The zero-order chi connectivity index (χ0) is 16.3. The maximum Gasteiger partial charge on any atom is 0.277 e. The molecular weight excluding hydrogens is 306 g/mol. The van der Waals surface area contributed by atoms with Crippen LogP contribution in [0.4, 0.5) is 0 Å². The smallest absolute Gasteiger partial charge is 0.277 e. The molecule has 0 spiro atoms. The van der Waals surface area contributed by atoms with Crippen LogP contribution >= 0.6 is 11.8 Å². The van der Waals surface area contributed by atoms with Gasteiger partial charge in [0.2, 0.25) is 5.89 Å². The maximum absolute atomic E-state index is 5.74. The number of thioether (sulfide) groups is 1. The lowest BCUT2D eigenvalue weighted by molar-refractivity contribution is 0.465. The molecule has 0 radical (unpaired) electrons. The standard InChI is InChI=1S/C18H19N3OS/c1-18(2,3)15-8-6-14(7-9-15)16-20-21-17(22-16)23-12-13-5-4-10-19-11-13/h4-11H,12H2,1-3H3. The van der Waals surface area contributed by atoms with E-state index in [0.717, 1.165) is 16.9 Å². The van der Waals surface area contributed by atoms with Crippen LogP contribution < -0.4 is 0 Å². The topological polar surface area (TPSA) is 51.8 Å². The Kier molecular flexibility index (Phi) is 4.48. The number of pyridine rings is 1. The van der Waals surface area contributed by atoms with Crippen molar-refractivity contribution in [1.82, 2.24) is 15.2 Å². The van der Waals surface area contributed by atoms with Crippen LogP contribution in [0.15, 0.2) is 58.4 Å². The molecule has 0 aliphatic heterocycles. The molecule has 0 bridgehead atoms. The largest absolute Gasteiger partial charge is 0.411 e. The molecule has 0 saturated heterocycles. The van der Waals surface area contributed by atoms with E-state index >= 15 is 0 Å². The van der Waals surface area contributed by atoms with Crippen LogP contribution in [0.5, 0.6) is 0 Å². The normalized spacial score (nSPS) is 11.6. The molecule has 0 N–H and O–H groups in total. The summed E-state index contributed by atoms with van der Waals surface area (Å²) < 4.78 is 5.74. The average molecular weight is 325 g/mol. The SMILES string of the molecule is CC(C)(C)c1ccc(-c2nnc(SCc3cccnc3)o2)cc1. The van der Waals surface area contributed by atoms with Crippen LogP contribution in [0.2, 0.25) is 0 Å². The summed E-state index contributed by atoms with van der Waals surface area (Å²) in [4.78, 5) is 4.10. The Morgan fingerprint density at radius 1 is 1.04 bits per heavy atom. The molecule has 0 aliphatic carbocycles. The van der Waals surface area contributed by atoms with Crippen molar-refractivity contribution in [3.63, 3.8) is 0 Å². The van der Waals surface area contributed by atoms with Crippen LogP contribution in [0.1, 0.15) is 31.9 Å². The summed E-state index contributed by atoms with van der Waals surface area (Å²) in [7, 11) is 0. The van der Waals surface area contributed by atoms with Gasteiger partial charge >= 0.3 is 0 Å². The van der Waals surface area contributed by atoms with E-state index < -0.39 is 0 Å². The first-order valence-electron chi connectivity index (χ1n) is 7.48. The van der Waals surface area contributed by atoms with Crippen molar-refractivity contribution >= 4 is 11.8 Å². The zero-order valence-electron chi connectivity index (χ0n) is 13.5. The van der Waals surface area contributed by atoms with Crippen LogP contribution in [0.25, 0.3) is 11.5 Å². The summed E-state index contributed by atoms with van der Waals surface area (Å²) in [6.45, 7) is 6.59. The first-order valence-corrected chi connectivity index (χ1v) is 8.47. The highest BCUT2D eigenvalue weighted by atomic mass is 32.2. The number of hydrogen-bond acceptors (Lipinski definition) is 5. The molecule has 3 rings (SSSR count). The Balaban J connectivity index is 1.69. The summed E-state index contributed by atoms with van der Waals surface area (Å²) in [5.74, 6) is 1.32. The molecule has 1 aromatic carbocycles. The highest BCUT2D eigenvalue weighted by Gasteiger charge is 2.14. The summed E-state index contributed by atoms with van der Waals surface area (Å²) >= 11 is 1.52. The van der Waals surface area contributed by atoms with Gasteiger partial charge in [0.05, 0.1) is 0 Å². The number of aromatic nitrogens is 3. The Labute approximate surface area is 140 Å². The maximum atomic E-state index is 5.74. The Morgan fingerprint density at radius 2 is 1.83 bits per heavy atom. The quantitative estimate of drug-likeness (QED) is 0.650. The second-order valence-electron chi connectivity index (χ2n) is 6.35. The van der Waals surface area contributed by atoms with Crippen molar-refractivity contribution in [1.29, 1.82) is 0 Å². The molecule has 4 nitrogen and oxygen atoms in total. The third-order valence-electron chi connectivity index (χ3n) is 3.49. The molecule has 5 heteroatoms. The van der Waals surface area contributed by atoms with E-state index in [1.807, 2.05) is 30.5 Å². The van der Waals surface area contributed by atoms with E-state index in [1.165, 1.54) is 17.3 Å². The fourth-order valence-electron chi connectivity index (χ4n) is 2.13. The van der Waals surface area contributed by atoms with E-state index in [2.05, 4.69) is 48.1 Å². The summed E-state index contributed by atoms with van der Waals surface area (Å²) in [5, 5.41) is 8.82. The molecule has 0 unspecified atom stereocenters. The molecule has 0 saturated carbocycles. The molecule has 0 aliphatic rings. The summed E-state index contributed by atoms with van der Waals surface area (Å²) in [6.07, 6.45) is 3.61. The fourth-order valence-corrected chi connectivity index (χ4v) is 2.82. The lowest BCUT2D eigenvalue weighted by atomic mass is 9.87. The number of rotatable bonds is 4. The molecule has 2 heterocycles. The van der Waals surface area contributed by atoms with Crippen molar-refractivity contribution < 1.29 is 4.42 Å². The van der Waals surface area contributed by atoms with Gasteiger partial charge in [-0.3, -0.25) is 4.98 Å². The molecule has 23 heavy (non-hydrogen) atoms. The lowest BCUT2D eigenvalue weighted by Crippen LogP contribution is -2.10. The van der Waals surface area contributed by atoms with E-state index in [4.69, 9.17) is 4.42 Å². The first kappa shape index (κ1) is 15.7. The van der Waals surface area contributed by atoms with Gasteiger partial charge in [-0.1, -0.05) is 50.7 Å². The predicted octanol–water partition coefficient (Wildman–Crippen LogP) is 4.72. The van der Waals surface area contributed by atoms with Crippen molar-refractivity contribution in [3.05, 3.63) is 59.9 Å². The van der Waals surface area contributed by atoms with Gasteiger partial charge in [-0.25, -0.2) is 0 Å². The first-order chi connectivity index (χ1) is 11.0. The molecule has 0 atom stereocenters. The highest BCUT2D eigenvalue weighted by molar-refractivity contribution is 7.98. The molecule has 3 aromatic rings. The number of hydrogen-bond donors (Lipinski definition) is 0. The highest BCUT2D eigenvalue weighted by Crippen LogP contribution is 2.28.